The first-order valence-electron chi connectivity index (χ1n) is 5.38. The lowest BCUT2D eigenvalue weighted by Crippen LogP contribution is -2.39. The van der Waals surface area contributed by atoms with Gasteiger partial charge in [-0.1, -0.05) is 6.92 Å². The molecule has 0 saturated heterocycles. The lowest BCUT2D eigenvalue weighted by Gasteiger charge is -2.15. The molecule has 2 amide bonds. The van der Waals surface area contributed by atoms with Gasteiger partial charge in [0.15, 0.2) is 0 Å². The van der Waals surface area contributed by atoms with Gasteiger partial charge in [-0.3, -0.25) is 0 Å². The third-order valence-electron chi connectivity index (χ3n) is 2.26. The minimum Gasteiger partial charge on any atom is -0.480 e. The fourth-order valence-corrected chi connectivity index (χ4v) is 1.27. The second-order valence-corrected chi connectivity index (χ2v) is 3.45. The van der Waals surface area contributed by atoms with Crippen LogP contribution in [0.2, 0.25) is 0 Å². The number of anilines is 1. The summed E-state index contributed by atoms with van der Waals surface area (Å²) in [6.45, 7) is 1.79. The average molecular weight is 239 g/mol. The van der Waals surface area contributed by atoms with E-state index in [9.17, 15) is 4.79 Å². The standard InChI is InChI=1S/C11H17N3O3/c1-3-8(7-15)13-11(16)14-9-5-4-6-12-10(9)17-2/h4-6,8,15H,3,7H2,1-2H3,(H2,13,14,16)/t8-/m1/s1. The molecule has 1 heterocycles. The molecule has 17 heavy (non-hydrogen) atoms. The van der Waals surface area contributed by atoms with Gasteiger partial charge in [-0.05, 0) is 18.6 Å². The van der Waals surface area contributed by atoms with Crippen LogP contribution in [0, 0.1) is 0 Å². The van der Waals surface area contributed by atoms with E-state index in [1.54, 1.807) is 18.3 Å². The summed E-state index contributed by atoms with van der Waals surface area (Å²) in [4.78, 5) is 15.5. The number of nitrogens with zero attached hydrogens (tertiary/aromatic N) is 1. The van der Waals surface area contributed by atoms with Gasteiger partial charge in [-0.15, -0.1) is 0 Å². The Bertz CT molecular complexity index is 367. The van der Waals surface area contributed by atoms with Crippen molar-refractivity contribution in [2.45, 2.75) is 19.4 Å². The van der Waals surface area contributed by atoms with Crippen molar-refractivity contribution in [1.29, 1.82) is 0 Å². The number of carbonyl (C=O) groups excluding carboxylic acids is 1. The molecule has 6 heteroatoms. The van der Waals surface area contributed by atoms with E-state index in [2.05, 4.69) is 15.6 Å². The van der Waals surface area contributed by atoms with E-state index in [4.69, 9.17) is 9.84 Å². The molecule has 0 aliphatic heterocycles. The number of amides is 2. The van der Waals surface area contributed by atoms with Gasteiger partial charge in [0.1, 0.15) is 5.69 Å². The SMILES string of the molecule is CC[C@H](CO)NC(=O)Nc1cccnc1OC. The number of hydrogen-bond donors (Lipinski definition) is 3. The highest BCUT2D eigenvalue weighted by Gasteiger charge is 2.11. The fraction of sp³-hybridized carbons (Fsp3) is 0.455. The summed E-state index contributed by atoms with van der Waals surface area (Å²) in [5, 5.41) is 14.2. The summed E-state index contributed by atoms with van der Waals surface area (Å²) >= 11 is 0. The van der Waals surface area contributed by atoms with E-state index >= 15 is 0 Å². The lowest BCUT2D eigenvalue weighted by molar-refractivity contribution is 0.222. The van der Waals surface area contributed by atoms with Gasteiger partial charge in [0.2, 0.25) is 5.88 Å². The maximum atomic E-state index is 11.6. The molecule has 94 valence electrons. The van der Waals surface area contributed by atoms with E-state index in [1.807, 2.05) is 6.92 Å². The van der Waals surface area contributed by atoms with Crippen molar-refractivity contribution in [2.24, 2.45) is 0 Å². The van der Waals surface area contributed by atoms with Crippen molar-refractivity contribution in [2.75, 3.05) is 19.0 Å². The smallest absolute Gasteiger partial charge is 0.319 e. The van der Waals surface area contributed by atoms with Crippen LogP contribution in [-0.4, -0.2) is 35.9 Å². The van der Waals surface area contributed by atoms with Crippen molar-refractivity contribution in [3.8, 4) is 5.88 Å². The molecule has 1 atom stereocenters. The highest BCUT2D eigenvalue weighted by molar-refractivity contribution is 5.90. The Kier molecular flexibility index (Phi) is 5.22. The molecular weight excluding hydrogens is 222 g/mol. The summed E-state index contributed by atoms with van der Waals surface area (Å²) in [5.41, 5.74) is 0.486. The Hall–Kier alpha value is -1.82. The van der Waals surface area contributed by atoms with Gasteiger partial charge in [-0.2, -0.15) is 0 Å². The van der Waals surface area contributed by atoms with Crippen molar-refractivity contribution in [3.05, 3.63) is 18.3 Å². The van der Waals surface area contributed by atoms with E-state index in [0.29, 0.717) is 18.0 Å². The predicted octanol–water partition coefficient (Wildman–Crippen LogP) is 0.983. The first-order valence-corrected chi connectivity index (χ1v) is 5.38. The minimum absolute atomic E-state index is 0.0892. The van der Waals surface area contributed by atoms with Crippen LogP contribution in [0.4, 0.5) is 10.5 Å². The van der Waals surface area contributed by atoms with Crippen molar-refractivity contribution in [1.82, 2.24) is 10.3 Å². The van der Waals surface area contributed by atoms with E-state index < -0.39 is 6.03 Å². The molecule has 0 aromatic carbocycles. The Morgan fingerprint density at radius 3 is 3.00 bits per heavy atom. The van der Waals surface area contributed by atoms with E-state index in [0.717, 1.165) is 0 Å². The number of hydrogen-bond acceptors (Lipinski definition) is 4. The number of carbonyl (C=O) groups is 1. The van der Waals surface area contributed by atoms with Gasteiger partial charge >= 0.3 is 6.03 Å². The van der Waals surface area contributed by atoms with Crippen LogP contribution < -0.4 is 15.4 Å². The molecule has 0 aliphatic rings. The number of ether oxygens (including phenoxy) is 1. The first kappa shape index (κ1) is 13.2. The number of rotatable bonds is 5. The van der Waals surface area contributed by atoms with Crippen LogP contribution in [0.25, 0.3) is 0 Å². The molecule has 1 aromatic rings. The number of aromatic nitrogens is 1. The zero-order valence-electron chi connectivity index (χ0n) is 9.93. The molecule has 1 rings (SSSR count). The molecule has 0 fully saturated rings. The Balaban J connectivity index is 2.61. The Morgan fingerprint density at radius 2 is 2.41 bits per heavy atom. The zero-order valence-corrected chi connectivity index (χ0v) is 9.93. The normalized spacial score (nSPS) is 11.7. The van der Waals surface area contributed by atoms with Gasteiger partial charge in [0.05, 0.1) is 19.8 Å². The van der Waals surface area contributed by atoms with Crippen LogP contribution in [0.15, 0.2) is 18.3 Å². The molecule has 0 unspecified atom stereocenters. The number of nitrogens with one attached hydrogen (secondary N) is 2. The topological polar surface area (TPSA) is 83.5 Å². The monoisotopic (exact) mass is 239 g/mol. The van der Waals surface area contributed by atoms with Gasteiger partial charge in [-0.25, -0.2) is 9.78 Å². The largest absolute Gasteiger partial charge is 0.480 e. The molecule has 1 aromatic heterocycles. The molecule has 0 spiro atoms. The molecule has 0 saturated carbocycles. The third-order valence-corrected chi connectivity index (χ3v) is 2.26. The molecule has 0 aliphatic carbocycles. The first-order chi connectivity index (χ1) is 8.21. The van der Waals surface area contributed by atoms with Gasteiger partial charge in [0, 0.05) is 6.20 Å². The number of methoxy groups -OCH3 is 1. The molecule has 0 bridgehead atoms. The lowest BCUT2D eigenvalue weighted by atomic mass is 10.2. The van der Waals surface area contributed by atoms with Crippen molar-refractivity contribution >= 4 is 11.7 Å². The molecule has 3 N–H and O–H groups in total. The minimum atomic E-state index is -0.391. The van der Waals surface area contributed by atoms with Crippen LogP contribution in [0.5, 0.6) is 5.88 Å². The van der Waals surface area contributed by atoms with Crippen molar-refractivity contribution < 1.29 is 14.6 Å². The van der Waals surface area contributed by atoms with E-state index in [1.165, 1.54) is 7.11 Å². The Labute approximate surface area is 100 Å². The van der Waals surface area contributed by atoms with Crippen molar-refractivity contribution in [3.63, 3.8) is 0 Å². The maximum absolute atomic E-state index is 11.6. The molecular formula is C11H17N3O3. The number of pyridine rings is 1. The summed E-state index contributed by atoms with van der Waals surface area (Å²) in [5.74, 6) is 0.347. The molecule has 6 nitrogen and oxygen atoms in total. The quantitative estimate of drug-likeness (QED) is 0.715. The number of aliphatic hydroxyl groups is 1. The van der Waals surface area contributed by atoms with Crippen LogP contribution >= 0.6 is 0 Å². The van der Waals surface area contributed by atoms with Gasteiger partial charge in [0.25, 0.3) is 0 Å². The summed E-state index contributed by atoms with van der Waals surface area (Å²) in [6.07, 6.45) is 2.23. The zero-order chi connectivity index (χ0) is 12.7. The molecule has 0 radical (unpaired) electrons. The van der Waals surface area contributed by atoms with Gasteiger partial charge < -0.3 is 20.5 Å². The third kappa shape index (κ3) is 3.92. The van der Waals surface area contributed by atoms with Crippen LogP contribution in [0.1, 0.15) is 13.3 Å². The Morgan fingerprint density at radius 1 is 1.65 bits per heavy atom. The van der Waals surface area contributed by atoms with Crippen LogP contribution in [-0.2, 0) is 0 Å². The summed E-state index contributed by atoms with van der Waals surface area (Å²) in [7, 11) is 1.48. The number of urea groups is 1. The summed E-state index contributed by atoms with van der Waals surface area (Å²) in [6, 6.07) is 2.74. The van der Waals surface area contributed by atoms with Crippen LogP contribution in [0.3, 0.4) is 0 Å². The number of aliphatic hydroxyl groups excluding tert-OH is 1. The second-order valence-electron chi connectivity index (χ2n) is 3.45. The highest BCUT2D eigenvalue weighted by atomic mass is 16.5. The second kappa shape index (κ2) is 6.70. The summed E-state index contributed by atoms with van der Waals surface area (Å²) < 4.78 is 5.00. The fourth-order valence-electron chi connectivity index (χ4n) is 1.27. The predicted molar refractivity (Wildman–Crippen MR) is 64.1 cm³/mol. The average Bonchev–Trinajstić information content (AvgIpc) is 2.36. The van der Waals surface area contributed by atoms with E-state index in [-0.39, 0.29) is 12.6 Å². The maximum Gasteiger partial charge on any atom is 0.319 e. The highest BCUT2D eigenvalue weighted by Crippen LogP contribution is 2.19.